The van der Waals surface area contributed by atoms with Crippen molar-refractivity contribution in [2.75, 3.05) is 0 Å². The van der Waals surface area contributed by atoms with Crippen molar-refractivity contribution in [2.45, 2.75) is 0 Å². The minimum atomic E-state index is -0.247. The Morgan fingerprint density at radius 3 is 2.42 bits per heavy atom. The lowest BCUT2D eigenvalue weighted by Crippen LogP contribution is -2.19. The zero-order valence-corrected chi connectivity index (χ0v) is 13.0. The number of nitrogens with zero attached hydrogens (tertiary/aromatic N) is 2. The summed E-state index contributed by atoms with van der Waals surface area (Å²) in [6.45, 7) is 0. The average Bonchev–Trinajstić information content (AvgIpc) is 3.17. The predicted octanol–water partition coefficient (Wildman–Crippen LogP) is 3.91. The fraction of sp³-hybridized carbons (Fsp3) is 0. The van der Waals surface area contributed by atoms with Crippen molar-refractivity contribution in [3.8, 4) is 5.69 Å². The molecule has 0 saturated carbocycles. The van der Waals surface area contributed by atoms with Crippen LogP contribution in [0, 0.1) is 0 Å². The van der Waals surface area contributed by atoms with Crippen LogP contribution in [0.1, 0.15) is 15.9 Å². The topological polar surface area (TPSA) is 46.4 Å². The molecular formula is C20H17N3O. The van der Waals surface area contributed by atoms with Gasteiger partial charge in [0.15, 0.2) is 0 Å². The maximum atomic E-state index is 12.3. The molecule has 4 nitrogen and oxygen atoms in total. The van der Waals surface area contributed by atoms with Gasteiger partial charge in [-0.2, -0.15) is 5.10 Å². The second-order valence-electron chi connectivity index (χ2n) is 5.10. The number of carbonyl (C=O) groups excluding carboxylic acids is 1. The van der Waals surface area contributed by atoms with Gasteiger partial charge in [-0.15, -0.1) is 0 Å². The average molecular weight is 315 g/mol. The minimum absolute atomic E-state index is 0.247. The number of hydrogen-bond donors (Lipinski definition) is 1. The van der Waals surface area contributed by atoms with E-state index in [0.717, 1.165) is 11.3 Å². The number of allylic oxidation sites excluding steroid dienone is 1. The molecule has 24 heavy (non-hydrogen) atoms. The molecule has 1 amide bonds. The molecule has 3 aromatic rings. The molecule has 3 rings (SSSR count). The van der Waals surface area contributed by atoms with Gasteiger partial charge in [0.25, 0.3) is 5.91 Å². The summed E-state index contributed by atoms with van der Waals surface area (Å²) in [5.74, 6) is -0.247. The summed E-state index contributed by atoms with van der Waals surface area (Å²) in [6.07, 6.45) is 9.07. The molecule has 1 N–H and O–H groups in total. The molecule has 0 bridgehead atoms. The van der Waals surface area contributed by atoms with E-state index in [4.69, 9.17) is 0 Å². The van der Waals surface area contributed by atoms with Crippen molar-refractivity contribution in [3.63, 3.8) is 0 Å². The van der Waals surface area contributed by atoms with E-state index in [0.29, 0.717) is 5.56 Å². The van der Waals surface area contributed by atoms with E-state index in [1.807, 2.05) is 83.7 Å². The molecule has 0 radical (unpaired) electrons. The third-order valence-corrected chi connectivity index (χ3v) is 3.45. The highest BCUT2D eigenvalue weighted by Crippen LogP contribution is 2.14. The molecule has 1 aromatic heterocycles. The van der Waals surface area contributed by atoms with Gasteiger partial charge < -0.3 is 4.57 Å². The number of benzene rings is 2. The zero-order valence-electron chi connectivity index (χ0n) is 13.0. The molecule has 0 saturated heterocycles. The third-order valence-electron chi connectivity index (χ3n) is 3.45. The lowest BCUT2D eigenvalue weighted by molar-refractivity contribution is 0.0955. The Labute approximate surface area is 140 Å². The van der Waals surface area contributed by atoms with Crippen LogP contribution < -0.4 is 5.43 Å². The monoisotopic (exact) mass is 315 g/mol. The number of hydrazone groups is 1. The molecule has 0 spiro atoms. The van der Waals surface area contributed by atoms with Crippen LogP contribution in [-0.2, 0) is 0 Å². The molecule has 0 aliphatic carbocycles. The summed E-state index contributed by atoms with van der Waals surface area (Å²) < 4.78 is 1.90. The van der Waals surface area contributed by atoms with Crippen LogP contribution in [0.2, 0.25) is 0 Å². The van der Waals surface area contributed by atoms with Gasteiger partial charge in [-0.25, -0.2) is 5.43 Å². The van der Waals surface area contributed by atoms with Crippen LogP contribution in [0.3, 0.4) is 0 Å². The van der Waals surface area contributed by atoms with Gasteiger partial charge in [-0.1, -0.05) is 48.5 Å². The SMILES string of the molecule is O=C(N/N=C\C=C\c1ccccc1)c1ccccc1-n1cccc1. The first kappa shape index (κ1) is 15.5. The third kappa shape index (κ3) is 3.87. The lowest BCUT2D eigenvalue weighted by Gasteiger charge is -2.08. The van der Waals surface area contributed by atoms with E-state index < -0.39 is 0 Å². The number of hydrogen-bond acceptors (Lipinski definition) is 2. The van der Waals surface area contributed by atoms with Crippen LogP contribution in [0.15, 0.2) is 90.3 Å². The fourth-order valence-electron chi connectivity index (χ4n) is 2.30. The number of para-hydroxylation sites is 1. The van der Waals surface area contributed by atoms with Crippen LogP contribution >= 0.6 is 0 Å². The minimum Gasteiger partial charge on any atom is -0.323 e. The van der Waals surface area contributed by atoms with Gasteiger partial charge in [-0.3, -0.25) is 4.79 Å². The summed E-state index contributed by atoms with van der Waals surface area (Å²) >= 11 is 0. The Morgan fingerprint density at radius 2 is 1.62 bits per heavy atom. The van der Waals surface area contributed by atoms with Gasteiger partial charge in [-0.05, 0) is 35.9 Å². The second kappa shape index (κ2) is 7.74. The molecule has 0 unspecified atom stereocenters. The number of rotatable bonds is 5. The number of carbonyl (C=O) groups is 1. The van der Waals surface area contributed by atoms with Gasteiger partial charge in [0, 0.05) is 18.6 Å². The van der Waals surface area contributed by atoms with E-state index in [2.05, 4.69) is 10.5 Å². The van der Waals surface area contributed by atoms with Gasteiger partial charge in [0.1, 0.15) is 0 Å². The number of nitrogens with one attached hydrogen (secondary N) is 1. The van der Waals surface area contributed by atoms with Crippen molar-refractivity contribution >= 4 is 18.2 Å². The second-order valence-corrected chi connectivity index (χ2v) is 5.10. The van der Waals surface area contributed by atoms with Crippen molar-refractivity contribution in [2.24, 2.45) is 5.10 Å². The summed E-state index contributed by atoms with van der Waals surface area (Å²) in [7, 11) is 0. The van der Waals surface area contributed by atoms with E-state index in [9.17, 15) is 4.79 Å². The maximum absolute atomic E-state index is 12.3. The molecule has 118 valence electrons. The summed E-state index contributed by atoms with van der Waals surface area (Å²) in [5, 5.41) is 3.96. The highest BCUT2D eigenvalue weighted by molar-refractivity contribution is 5.98. The number of amides is 1. The highest BCUT2D eigenvalue weighted by Gasteiger charge is 2.10. The first-order chi connectivity index (χ1) is 11.8. The zero-order chi connectivity index (χ0) is 16.6. The Balaban J connectivity index is 1.66. The molecule has 4 heteroatoms. The van der Waals surface area contributed by atoms with Crippen LogP contribution in [0.25, 0.3) is 11.8 Å². The molecule has 2 aromatic carbocycles. The van der Waals surface area contributed by atoms with E-state index >= 15 is 0 Å². The van der Waals surface area contributed by atoms with Gasteiger partial charge in [0.2, 0.25) is 0 Å². The maximum Gasteiger partial charge on any atom is 0.273 e. The molecule has 0 atom stereocenters. The Bertz CT molecular complexity index is 850. The molecule has 0 aliphatic heterocycles. The van der Waals surface area contributed by atoms with Crippen molar-refractivity contribution in [3.05, 3.63) is 96.3 Å². The lowest BCUT2D eigenvalue weighted by atomic mass is 10.1. The van der Waals surface area contributed by atoms with Crippen molar-refractivity contribution in [1.82, 2.24) is 9.99 Å². The molecule has 0 fully saturated rings. The first-order valence-electron chi connectivity index (χ1n) is 7.62. The first-order valence-corrected chi connectivity index (χ1v) is 7.62. The molecule has 1 heterocycles. The Hall–Kier alpha value is -3.40. The molecule has 0 aliphatic rings. The van der Waals surface area contributed by atoms with E-state index in [-0.39, 0.29) is 5.91 Å². The quantitative estimate of drug-likeness (QED) is 0.563. The van der Waals surface area contributed by atoms with E-state index in [1.54, 1.807) is 18.4 Å². The van der Waals surface area contributed by atoms with Crippen molar-refractivity contribution < 1.29 is 4.79 Å². The molecular weight excluding hydrogens is 298 g/mol. The summed E-state index contributed by atoms with van der Waals surface area (Å²) in [6, 6.07) is 21.1. The smallest absolute Gasteiger partial charge is 0.273 e. The Morgan fingerprint density at radius 1 is 0.917 bits per heavy atom. The van der Waals surface area contributed by atoms with Crippen LogP contribution in [-0.4, -0.2) is 16.7 Å². The fourth-order valence-corrected chi connectivity index (χ4v) is 2.30. The normalized spacial score (nSPS) is 11.2. The largest absolute Gasteiger partial charge is 0.323 e. The van der Waals surface area contributed by atoms with Crippen molar-refractivity contribution in [1.29, 1.82) is 0 Å². The Kier molecular flexibility index (Phi) is 5.00. The predicted molar refractivity (Wildman–Crippen MR) is 97.2 cm³/mol. The highest BCUT2D eigenvalue weighted by atomic mass is 16.2. The van der Waals surface area contributed by atoms with Crippen LogP contribution in [0.4, 0.5) is 0 Å². The summed E-state index contributed by atoms with van der Waals surface area (Å²) in [4.78, 5) is 12.3. The van der Waals surface area contributed by atoms with Gasteiger partial charge in [0.05, 0.1) is 11.3 Å². The van der Waals surface area contributed by atoms with Gasteiger partial charge >= 0.3 is 0 Å². The number of aromatic nitrogens is 1. The van der Waals surface area contributed by atoms with Crippen LogP contribution in [0.5, 0.6) is 0 Å². The summed E-state index contributed by atoms with van der Waals surface area (Å²) in [5.41, 5.74) is 5.01. The standard InChI is InChI=1S/C20H17N3O/c24-20(22-21-14-8-11-17-9-2-1-3-10-17)18-12-4-5-13-19(18)23-15-6-7-16-23/h1-16H,(H,22,24)/b11-8+,21-14-. The van der Waals surface area contributed by atoms with E-state index in [1.165, 1.54) is 0 Å².